The Balaban J connectivity index is 1.89. The van der Waals surface area contributed by atoms with E-state index >= 15 is 0 Å². The Morgan fingerprint density at radius 3 is 2.70 bits per heavy atom. The lowest BCUT2D eigenvalue weighted by Gasteiger charge is -2.33. The van der Waals surface area contributed by atoms with Crippen molar-refractivity contribution in [3.05, 3.63) is 29.8 Å². The average molecular weight is 272 g/mol. The number of nitrogens with zero attached hydrogens (tertiary/aromatic N) is 2. The lowest BCUT2D eigenvalue weighted by Crippen LogP contribution is -2.41. The fraction of sp³-hybridized carbons (Fsp3) is 0.500. The lowest BCUT2D eigenvalue weighted by molar-refractivity contribution is -0.123. The van der Waals surface area contributed by atoms with Crippen LogP contribution in [0.5, 0.6) is 0 Å². The molecule has 20 heavy (non-hydrogen) atoms. The molecule has 0 aromatic heterocycles. The van der Waals surface area contributed by atoms with Gasteiger partial charge in [0.05, 0.1) is 11.4 Å². The third kappa shape index (κ3) is 2.30. The smallest absolute Gasteiger partial charge is 0.230 e. The monoisotopic (exact) mass is 272 g/mol. The van der Waals surface area contributed by atoms with Gasteiger partial charge < -0.3 is 10.1 Å². The zero-order chi connectivity index (χ0) is 13.9. The molecule has 1 aromatic rings. The van der Waals surface area contributed by atoms with E-state index in [4.69, 9.17) is 5.21 Å². The minimum absolute atomic E-state index is 0.171. The third-order valence-corrected chi connectivity index (χ3v) is 4.42. The van der Waals surface area contributed by atoms with Crippen LogP contribution >= 0.6 is 0 Å². The van der Waals surface area contributed by atoms with Crippen molar-refractivity contribution in [2.75, 3.05) is 11.4 Å². The van der Waals surface area contributed by atoms with Gasteiger partial charge in [-0.2, -0.15) is 0 Å². The molecule has 4 nitrogen and oxygen atoms in total. The standard InChI is InChI=1S/C16H20N2O2/c19-16(12-6-2-1-3-7-12)18-11-10-14(17-20)13-8-4-5-9-15(13)18/h4-5,8-9,12,20H,1-3,6-7,10-11H2. The molecule has 0 unspecified atom stereocenters. The molecule has 1 N–H and O–H groups in total. The van der Waals surface area contributed by atoms with E-state index in [1.165, 1.54) is 6.42 Å². The van der Waals surface area contributed by atoms with Gasteiger partial charge >= 0.3 is 0 Å². The van der Waals surface area contributed by atoms with E-state index in [2.05, 4.69) is 5.16 Å². The maximum absolute atomic E-state index is 12.7. The average Bonchev–Trinajstić information content (AvgIpc) is 2.54. The molecule has 0 radical (unpaired) electrons. The number of hydrogen-bond donors (Lipinski definition) is 1. The SMILES string of the molecule is O=C(C1CCCCC1)N1CCC(=NO)c2ccccc21. The number of hydrogen-bond acceptors (Lipinski definition) is 3. The summed E-state index contributed by atoms with van der Waals surface area (Å²) < 4.78 is 0. The molecule has 0 spiro atoms. The van der Waals surface area contributed by atoms with Crippen LogP contribution in [0.1, 0.15) is 44.1 Å². The highest BCUT2D eigenvalue weighted by Gasteiger charge is 2.31. The number of oxime groups is 1. The highest BCUT2D eigenvalue weighted by molar-refractivity contribution is 6.11. The molecule has 1 amide bonds. The molecule has 0 atom stereocenters. The van der Waals surface area contributed by atoms with E-state index < -0.39 is 0 Å². The van der Waals surface area contributed by atoms with Crippen LogP contribution in [0.2, 0.25) is 0 Å². The minimum Gasteiger partial charge on any atom is -0.411 e. The molecule has 1 aliphatic heterocycles. The Morgan fingerprint density at radius 1 is 1.20 bits per heavy atom. The van der Waals surface area contributed by atoms with Gasteiger partial charge in [-0.1, -0.05) is 42.6 Å². The number of anilines is 1. The van der Waals surface area contributed by atoms with Gasteiger partial charge in [-0.25, -0.2) is 0 Å². The quantitative estimate of drug-likeness (QED) is 0.630. The molecule has 1 fully saturated rings. The first-order valence-electron chi connectivity index (χ1n) is 7.43. The summed E-state index contributed by atoms with van der Waals surface area (Å²) in [7, 11) is 0. The van der Waals surface area contributed by atoms with Crippen molar-refractivity contribution < 1.29 is 10.0 Å². The number of carbonyl (C=O) groups excluding carboxylic acids is 1. The molecule has 106 valence electrons. The molecule has 1 saturated carbocycles. The molecule has 1 aliphatic carbocycles. The second-order valence-corrected chi connectivity index (χ2v) is 5.64. The Morgan fingerprint density at radius 2 is 1.95 bits per heavy atom. The van der Waals surface area contributed by atoms with Crippen molar-refractivity contribution in [2.45, 2.75) is 38.5 Å². The summed E-state index contributed by atoms with van der Waals surface area (Å²) in [4.78, 5) is 14.6. The number of amides is 1. The zero-order valence-corrected chi connectivity index (χ0v) is 11.6. The highest BCUT2D eigenvalue weighted by Crippen LogP contribution is 2.32. The third-order valence-electron chi connectivity index (χ3n) is 4.42. The Labute approximate surface area is 119 Å². The molecule has 1 aromatic carbocycles. The maximum Gasteiger partial charge on any atom is 0.230 e. The minimum atomic E-state index is 0.171. The molecular formula is C16H20N2O2. The molecule has 3 rings (SSSR count). The van der Waals surface area contributed by atoms with Crippen LogP contribution in [-0.4, -0.2) is 23.4 Å². The van der Waals surface area contributed by atoms with Gasteiger partial charge in [0.25, 0.3) is 0 Å². The van der Waals surface area contributed by atoms with Gasteiger partial charge in [0.1, 0.15) is 0 Å². The Bertz CT molecular complexity index is 533. The molecule has 1 heterocycles. The van der Waals surface area contributed by atoms with Crippen molar-refractivity contribution in [1.82, 2.24) is 0 Å². The van der Waals surface area contributed by atoms with Crippen molar-refractivity contribution in [1.29, 1.82) is 0 Å². The van der Waals surface area contributed by atoms with Gasteiger partial charge in [-0.05, 0) is 18.9 Å². The summed E-state index contributed by atoms with van der Waals surface area (Å²) >= 11 is 0. The van der Waals surface area contributed by atoms with E-state index in [-0.39, 0.29) is 11.8 Å². The summed E-state index contributed by atoms with van der Waals surface area (Å²) in [5.74, 6) is 0.415. The Hall–Kier alpha value is -1.84. The van der Waals surface area contributed by atoms with Crippen LogP contribution in [0.25, 0.3) is 0 Å². The first-order valence-corrected chi connectivity index (χ1v) is 7.43. The lowest BCUT2D eigenvalue weighted by atomic mass is 9.87. The summed E-state index contributed by atoms with van der Waals surface area (Å²) in [6.07, 6.45) is 6.22. The highest BCUT2D eigenvalue weighted by atomic mass is 16.4. The normalized spacial score (nSPS) is 21.8. The van der Waals surface area contributed by atoms with E-state index in [0.29, 0.717) is 18.7 Å². The van der Waals surface area contributed by atoms with E-state index in [1.807, 2.05) is 29.2 Å². The first kappa shape index (κ1) is 13.2. The van der Waals surface area contributed by atoms with Crippen molar-refractivity contribution in [3.63, 3.8) is 0 Å². The predicted octanol–water partition coefficient (Wildman–Crippen LogP) is 3.18. The van der Waals surface area contributed by atoms with Gasteiger partial charge in [0.15, 0.2) is 0 Å². The molecule has 0 bridgehead atoms. The fourth-order valence-corrected chi connectivity index (χ4v) is 3.33. The van der Waals surface area contributed by atoms with Crippen LogP contribution in [0.4, 0.5) is 5.69 Å². The zero-order valence-electron chi connectivity index (χ0n) is 11.6. The topological polar surface area (TPSA) is 52.9 Å². The number of para-hydroxylation sites is 1. The summed E-state index contributed by atoms with van der Waals surface area (Å²) in [5, 5.41) is 12.5. The van der Waals surface area contributed by atoms with Crippen LogP contribution in [0, 0.1) is 5.92 Å². The largest absolute Gasteiger partial charge is 0.411 e. The predicted molar refractivity (Wildman–Crippen MR) is 78.3 cm³/mol. The van der Waals surface area contributed by atoms with E-state index in [9.17, 15) is 4.79 Å². The number of benzene rings is 1. The van der Waals surface area contributed by atoms with E-state index in [0.717, 1.165) is 36.9 Å². The fourth-order valence-electron chi connectivity index (χ4n) is 3.33. The molecule has 4 heteroatoms. The maximum atomic E-state index is 12.7. The van der Waals surface area contributed by atoms with Gasteiger partial charge in [0, 0.05) is 24.4 Å². The number of fused-ring (bicyclic) bond motifs is 1. The molecular weight excluding hydrogens is 252 g/mol. The van der Waals surface area contributed by atoms with Gasteiger partial charge in [-0.3, -0.25) is 4.79 Å². The van der Waals surface area contributed by atoms with Gasteiger partial charge in [0.2, 0.25) is 5.91 Å². The summed E-state index contributed by atoms with van der Waals surface area (Å²) in [5.41, 5.74) is 2.45. The van der Waals surface area contributed by atoms with Crippen LogP contribution < -0.4 is 4.90 Å². The van der Waals surface area contributed by atoms with Gasteiger partial charge in [-0.15, -0.1) is 0 Å². The molecule has 2 aliphatic rings. The number of rotatable bonds is 1. The van der Waals surface area contributed by atoms with Crippen LogP contribution in [0.3, 0.4) is 0 Å². The first-order chi connectivity index (χ1) is 9.81. The van der Waals surface area contributed by atoms with Crippen molar-refractivity contribution >= 4 is 17.3 Å². The van der Waals surface area contributed by atoms with E-state index in [1.54, 1.807) is 0 Å². The van der Waals surface area contributed by atoms with Crippen molar-refractivity contribution in [2.24, 2.45) is 11.1 Å². The molecule has 0 saturated heterocycles. The Kier molecular flexibility index (Phi) is 3.72. The second-order valence-electron chi connectivity index (χ2n) is 5.64. The van der Waals surface area contributed by atoms with Crippen molar-refractivity contribution in [3.8, 4) is 0 Å². The second kappa shape index (κ2) is 5.65. The summed E-state index contributed by atoms with van der Waals surface area (Å²) in [6, 6.07) is 7.71. The summed E-state index contributed by atoms with van der Waals surface area (Å²) in [6.45, 7) is 0.617. The van der Waals surface area contributed by atoms with Crippen LogP contribution in [0.15, 0.2) is 29.4 Å². The van der Waals surface area contributed by atoms with Crippen LogP contribution in [-0.2, 0) is 4.79 Å². The number of carbonyl (C=O) groups is 1.